The highest BCUT2D eigenvalue weighted by molar-refractivity contribution is 5.28. The molecule has 0 unspecified atom stereocenters. The van der Waals surface area contributed by atoms with Crippen LogP contribution in [-0.2, 0) is 12.8 Å². The third-order valence-corrected chi connectivity index (χ3v) is 5.69. The fourth-order valence-electron chi connectivity index (χ4n) is 4.04. The maximum absolute atomic E-state index is 4.04. The lowest BCUT2D eigenvalue weighted by molar-refractivity contribution is 0.272. The summed E-state index contributed by atoms with van der Waals surface area (Å²) in [6.07, 6.45) is 14.7. The van der Waals surface area contributed by atoms with Crippen molar-refractivity contribution in [2.24, 2.45) is 11.8 Å². The second kappa shape index (κ2) is 9.77. The molecule has 1 aromatic rings. The standard InChI is InChI=1S/C24H35/c1-5-8-19(4)24(7-3)18-23-15-13-22(14-16-23)17-21-11-9-20(6-2)10-12-21/h7-12,22-23H,3,5-6,13-18H2,1-2,4H3/q+1/b24-19+. The van der Waals surface area contributed by atoms with Crippen molar-refractivity contribution in [3.63, 3.8) is 0 Å². The molecule has 0 N–H and O–H groups in total. The van der Waals surface area contributed by atoms with Gasteiger partial charge in [-0.2, -0.15) is 0 Å². The van der Waals surface area contributed by atoms with Gasteiger partial charge < -0.3 is 0 Å². The van der Waals surface area contributed by atoms with Crippen molar-refractivity contribution in [1.29, 1.82) is 0 Å². The number of rotatable bonds is 8. The molecule has 1 aliphatic carbocycles. The quantitative estimate of drug-likeness (QED) is 0.353. The van der Waals surface area contributed by atoms with E-state index < -0.39 is 0 Å². The molecule has 0 bridgehead atoms. The third kappa shape index (κ3) is 5.58. The Kier molecular flexibility index (Phi) is 7.69. The summed E-state index contributed by atoms with van der Waals surface area (Å²) in [6.45, 7) is 10.7. The molecule has 0 aromatic heterocycles. The average molecular weight is 324 g/mol. The first-order chi connectivity index (χ1) is 11.7. The number of aryl methyl sites for hydroxylation is 1. The summed E-state index contributed by atoms with van der Waals surface area (Å²) in [4.78, 5) is 0. The van der Waals surface area contributed by atoms with Gasteiger partial charge in [-0.3, -0.25) is 0 Å². The van der Waals surface area contributed by atoms with Crippen molar-refractivity contribution >= 4 is 0 Å². The minimum Gasteiger partial charge on any atom is -0.0784 e. The van der Waals surface area contributed by atoms with Crippen LogP contribution in [-0.4, -0.2) is 0 Å². The predicted molar refractivity (Wildman–Crippen MR) is 107 cm³/mol. The van der Waals surface area contributed by atoms with E-state index in [2.05, 4.69) is 64.1 Å². The summed E-state index contributed by atoms with van der Waals surface area (Å²) >= 11 is 0. The van der Waals surface area contributed by atoms with E-state index in [1.54, 1.807) is 0 Å². The van der Waals surface area contributed by atoms with Gasteiger partial charge in [0.05, 0.1) is 5.57 Å². The lowest BCUT2D eigenvalue weighted by Gasteiger charge is -2.28. The van der Waals surface area contributed by atoms with Crippen LogP contribution in [0.4, 0.5) is 0 Å². The smallest absolute Gasteiger partial charge is 0.0784 e. The molecule has 0 heterocycles. The molecule has 0 saturated heterocycles. The molecular weight excluding hydrogens is 288 g/mol. The monoisotopic (exact) mass is 323 g/mol. The zero-order chi connectivity index (χ0) is 17.4. The minimum atomic E-state index is 0.858. The molecule has 130 valence electrons. The highest BCUT2D eigenvalue weighted by atomic mass is 14.3. The summed E-state index contributed by atoms with van der Waals surface area (Å²) < 4.78 is 0. The van der Waals surface area contributed by atoms with Gasteiger partial charge in [0.2, 0.25) is 0 Å². The van der Waals surface area contributed by atoms with Crippen molar-refractivity contribution in [2.75, 3.05) is 0 Å². The van der Waals surface area contributed by atoms with Gasteiger partial charge >= 0.3 is 0 Å². The first kappa shape index (κ1) is 18.9. The maximum Gasteiger partial charge on any atom is 0.106 e. The third-order valence-electron chi connectivity index (χ3n) is 5.69. The molecule has 0 heteroatoms. The summed E-state index contributed by atoms with van der Waals surface area (Å²) in [5, 5.41) is 0. The van der Waals surface area contributed by atoms with Gasteiger partial charge in [-0.05, 0) is 75.3 Å². The van der Waals surface area contributed by atoms with E-state index in [9.17, 15) is 0 Å². The van der Waals surface area contributed by atoms with Gasteiger partial charge in [-0.15, -0.1) is 0 Å². The molecule has 2 rings (SSSR count). The van der Waals surface area contributed by atoms with Crippen LogP contribution >= 0.6 is 0 Å². The predicted octanol–water partition coefficient (Wildman–Crippen LogP) is 7.10. The first-order valence-corrected chi connectivity index (χ1v) is 9.89. The van der Waals surface area contributed by atoms with E-state index in [0.717, 1.165) is 24.7 Å². The van der Waals surface area contributed by atoms with Crippen LogP contribution in [0.15, 0.2) is 48.1 Å². The second-order valence-electron chi connectivity index (χ2n) is 7.49. The molecule has 0 amide bonds. The van der Waals surface area contributed by atoms with Crippen molar-refractivity contribution in [2.45, 2.75) is 72.1 Å². The largest absolute Gasteiger partial charge is 0.106 e. The van der Waals surface area contributed by atoms with E-state index in [1.165, 1.54) is 60.8 Å². The van der Waals surface area contributed by atoms with Crippen LogP contribution in [0.5, 0.6) is 0 Å². The van der Waals surface area contributed by atoms with Gasteiger partial charge in [-0.25, -0.2) is 0 Å². The Morgan fingerprint density at radius 1 is 1.04 bits per heavy atom. The summed E-state index contributed by atoms with van der Waals surface area (Å²) in [5.74, 6) is 1.74. The average Bonchev–Trinajstić information content (AvgIpc) is 2.62. The van der Waals surface area contributed by atoms with Gasteiger partial charge in [-0.1, -0.05) is 37.8 Å². The molecule has 0 nitrogen and oxygen atoms in total. The van der Waals surface area contributed by atoms with Crippen molar-refractivity contribution in [1.82, 2.24) is 0 Å². The van der Waals surface area contributed by atoms with Crippen LogP contribution in [0.25, 0.3) is 0 Å². The van der Waals surface area contributed by atoms with Crippen LogP contribution in [0.2, 0.25) is 0 Å². The molecule has 0 atom stereocenters. The Morgan fingerprint density at radius 2 is 1.62 bits per heavy atom. The number of hydrogen-bond acceptors (Lipinski definition) is 0. The van der Waals surface area contributed by atoms with Crippen LogP contribution in [0.1, 0.15) is 70.4 Å². The minimum absolute atomic E-state index is 0.858. The molecule has 0 aliphatic heterocycles. The van der Waals surface area contributed by atoms with E-state index in [4.69, 9.17) is 0 Å². The fraction of sp³-hybridized carbons (Fsp3) is 0.542. The summed E-state index contributed by atoms with van der Waals surface area (Å²) in [5.41, 5.74) is 5.88. The highest BCUT2D eigenvalue weighted by Crippen LogP contribution is 2.35. The van der Waals surface area contributed by atoms with E-state index in [0.29, 0.717) is 0 Å². The van der Waals surface area contributed by atoms with Crippen LogP contribution in [0, 0.1) is 18.3 Å². The van der Waals surface area contributed by atoms with Crippen LogP contribution < -0.4 is 0 Å². The van der Waals surface area contributed by atoms with E-state index in [1.807, 2.05) is 0 Å². The van der Waals surface area contributed by atoms with E-state index >= 15 is 0 Å². The zero-order valence-electron chi connectivity index (χ0n) is 16.0. The second-order valence-corrected chi connectivity index (χ2v) is 7.49. The van der Waals surface area contributed by atoms with Gasteiger partial charge in [0.1, 0.15) is 5.57 Å². The molecule has 0 radical (unpaired) electrons. The zero-order valence-corrected chi connectivity index (χ0v) is 16.0. The first-order valence-electron chi connectivity index (χ1n) is 9.89. The maximum atomic E-state index is 4.04. The molecule has 0 spiro atoms. The van der Waals surface area contributed by atoms with Crippen molar-refractivity contribution in [3.05, 3.63) is 65.6 Å². The molecule has 24 heavy (non-hydrogen) atoms. The van der Waals surface area contributed by atoms with Gasteiger partial charge in [0.25, 0.3) is 0 Å². The Balaban J connectivity index is 1.82. The molecule has 1 aromatic carbocycles. The number of benzene rings is 1. The van der Waals surface area contributed by atoms with Crippen molar-refractivity contribution in [3.8, 4) is 0 Å². The molecule has 1 aliphatic rings. The lowest BCUT2D eigenvalue weighted by Crippen LogP contribution is -2.17. The van der Waals surface area contributed by atoms with Gasteiger partial charge in [0.15, 0.2) is 0 Å². The SMILES string of the molecule is C=C/C(CC1CCC(Cc2ccc(CC)cc2)CC1)=C(/C)[CH+]CC. The normalized spacial score (nSPS) is 22.0. The Hall–Kier alpha value is -1.43. The molecule has 1 fully saturated rings. The molecular formula is C24H35+. The Morgan fingerprint density at radius 3 is 2.17 bits per heavy atom. The highest BCUT2D eigenvalue weighted by Gasteiger charge is 2.24. The number of hydrogen-bond donors (Lipinski definition) is 0. The van der Waals surface area contributed by atoms with Gasteiger partial charge in [0, 0.05) is 25.3 Å². The number of allylic oxidation sites excluding steroid dienone is 3. The Bertz CT molecular complexity index is 524. The van der Waals surface area contributed by atoms with Crippen LogP contribution in [0.3, 0.4) is 0 Å². The Labute approximate surface area is 150 Å². The lowest BCUT2D eigenvalue weighted by atomic mass is 9.76. The summed E-state index contributed by atoms with van der Waals surface area (Å²) in [7, 11) is 0. The van der Waals surface area contributed by atoms with Crippen molar-refractivity contribution < 1.29 is 0 Å². The topological polar surface area (TPSA) is 0 Å². The fourth-order valence-corrected chi connectivity index (χ4v) is 4.04. The summed E-state index contributed by atoms with van der Waals surface area (Å²) in [6, 6.07) is 9.28. The molecule has 1 saturated carbocycles. The van der Waals surface area contributed by atoms with E-state index in [-0.39, 0.29) is 0 Å².